The molecule has 0 aliphatic carbocycles. The van der Waals surface area contributed by atoms with Crippen molar-refractivity contribution in [2.45, 2.75) is 18.9 Å². The highest BCUT2D eigenvalue weighted by Gasteiger charge is 2.27. The highest BCUT2D eigenvalue weighted by atomic mass is 35.5. The van der Waals surface area contributed by atoms with Crippen LogP contribution in [-0.4, -0.2) is 55.4 Å². The van der Waals surface area contributed by atoms with Crippen molar-refractivity contribution in [3.63, 3.8) is 0 Å². The Hall–Kier alpha value is -0.970. The number of likely N-dealkylation sites (N-methyl/N-ethyl adjacent to an activating group) is 2. The van der Waals surface area contributed by atoms with Crippen LogP contribution in [-0.2, 0) is 11.2 Å². The summed E-state index contributed by atoms with van der Waals surface area (Å²) >= 11 is 6.03. The first-order valence-corrected chi connectivity index (χ1v) is 7.20. The van der Waals surface area contributed by atoms with Crippen LogP contribution in [0.3, 0.4) is 0 Å². The molecular formula is C15H20ClFN2O. The smallest absolute Gasteiger partial charge is 0.155 e. The largest absolute Gasteiger partial charge is 0.304 e. The van der Waals surface area contributed by atoms with Gasteiger partial charge in [0, 0.05) is 18.0 Å². The second-order valence-corrected chi connectivity index (χ2v) is 5.90. The van der Waals surface area contributed by atoms with Crippen LogP contribution in [0.25, 0.3) is 0 Å². The number of nitrogens with zero attached hydrogens (tertiary/aromatic N) is 2. The molecule has 0 radical (unpaired) electrons. The van der Waals surface area contributed by atoms with Gasteiger partial charge < -0.3 is 4.90 Å². The van der Waals surface area contributed by atoms with Crippen molar-refractivity contribution in [1.82, 2.24) is 9.80 Å². The van der Waals surface area contributed by atoms with Crippen molar-refractivity contribution in [3.05, 3.63) is 34.6 Å². The highest BCUT2D eigenvalue weighted by molar-refractivity contribution is 6.31. The maximum Gasteiger partial charge on any atom is 0.155 e. The van der Waals surface area contributed by atoms with E-state index in [1.165, 1.54) is 18.2 Å². The van der Waals surface area contributed by atoms with Crippen LogP contribution in [0, 0.1) is 5.82 Å². The van der Waals surface area contributed by atoms with Gasteiger partial charge in [-0.25, -0.2) is 4.39 Å². The van der Waals surface area contributed by atoms with Gasteiger partial charge in [-0.1, -0.05) is 11.6 Å². The van der Waals surface area contributed by atoms with Crippen LogP contribution in [0.1, 0.15) is 12.0 Å². The van der Waals surface area contributed by atoms with Crippen molar-refractivity contribution in [3.8, 4) is 0 Å². The molecular weight excluding hydrogens is 279 g/mol. The molecule has 1 aromatic carbocycles. The van der Waals surface area contributed by atoms with E-state index in [1.54, 1.807) is 0 Å². The van der Waals surface area contributed by atoms with E-state index < -0.39 is 0 Å². The van der Waals surface area contributed by atoms with Crippen LogP contribution in [0.4, 0.5) is 4.39 Å². The summed E-state index contributed by atoms with van der Waals surface area (Å²) < 4.78 is 13.3. The fourth-order valence-corrected chi connectivity index (χ4v) is 2.79. The number of ketones is 1. The molecule has 1 aliphatic rings. The number of rotatable bonds is 3. The fourth-order valence-electron chi connectivity index (χ4n) is 2.60. The van der Waals surface area contributed by atoms with Crippen molar-refractivity contribution in [1.29, 1.82) is 0 Å². The average Bonchev–Trinajstić information content (AvgIpc) is 2.55. The van der Waals surface area contributed by atoms with Gasteiger partial charge in [-0.05, 0) is 57.4 Å². The molecule has 1 heterocycles. The Morgan fingerprint density at radius 1 is 1.40 bits per heavy atom. The Labute approximate surface area is 124 Å². The minimum Gasteiger partial charge on any atom is -0.304 e. The number of carbonyl (C=O) groups excluding carboxylic acids is 1. The first-order valence-electron chi connectivity index (χ1n) is 6.83. The van der Waals surface area contributed by atoms with Gasteiger partial charge in [-0.3, -0.25) is 9.69 Å². The summed E-state index contributed by atoms with van der Waals surface area (Å²) in [7, 11) is 3.99. The van der Waals surface area contributed by atoms with Gasteiger partial charge in [-0.2, -0.15) is 0 Å². The van der Waals surface area contributed by atoms with E-state index in [4.69, 9.17) is 11.6 Å². The van der Waals surface area contributed by atoms with Gasteiger partial charge in [0.05, 0.1) is 6.04 Å². The maximum absolute atomic E-state index is 13.3. The zero-order chi connectivity index (χ0) is 14.7. The molecule has 0 saturated carbocycles. The SMILES string of the molecule is CN1CCCN(C)C(C(=O)Cc2cc(F)ccc2Cl)C1. The lowest BCUT2D eigenvalue weighted by molar-refractivity contribution is -0.123. The zero-order valence-electron chi connectivity index (χ0n) is 11.9. The van der Waals surface area contributed by atoms with Crippen LogP contribution in [0.2, 0.25) is 5.02 Å². The minimum absolute atomic E-state index is 0.0914. The summed E-state index contributed by atoms with van der Waals surface area (Å²) in [4.78, 5) is 16.7. The molecule has 1 aliphatic heterocycles. The Bertz CT molecular complexity index is 495. The first kappa shape index (κ1) is 15.4. The van der Waals surface area contributed by atoms with Gasteiger partial charge in [0.25, 0.3) is 0 Å². The predicted octanol–water partition coefficient (Wildman–Crippen LogP) is 2.23. The molecule has 1 atom stereocenters. The Morgan fingerprint density at radius 3 is 2.90 bits per heavy atom. The molecule has 3 nitrogen and oxygen atoms in total. The van der Waals surface area contributed by atoms with E-state index in [1.807, 2.05) is 14.1 Å². The summed E-state index contributed by atoms with van der Waals surface area (Å²) in [5, 5.41) is 0.448. The third-order valence-electron chi connectivity index (χ3n) is 3.81. The average molecular weight is 299 g/mol. The van der Waals surface area contributed by atoms with Gasteiger partial charge in [0.2, 0.25) is 0 Å². The molecule has 1 unspecified atom stereocenters. The van der Waals surface area contributed by atoms with Crippen molar-refractivity contribution in [2.75, 3.05) is 33.7 Å². The Balaban J connectivity index is 2.11. The third kappa shape index (κ3) is 3.78. The zero-order valence-corrected chi connectivity index (χ0v) is 12.7. The summed E-state index contributed by atoms with van der Waals surface area (Å²) in [5.41, 5.74) is 0.567. The monoisotopic (exact) mass is 298 g/mol. The lowest BCUT2D eigenvalue weighted by Gasteiger charge is -2.26. The number of hydrogen-bond acceptors (Lipinski definition) is 3. The molecule has 0 amide bonds. The van der Waals surface area contributed by atoms with Crippen LogP contribution in [0.5, 0.6) is 0 Å². The molecule has 0 aromatic heterocycles. The summed E-state index contributed by atoms with van der Waals surface area (Å²) in [6.45, 7) is 2.61. The predicted molar refractivity (Wildman–Crippen MR) is 78.7 cm³/mol. The van der Waals surface area contributed by atoms with Crippen molar-refractivity contribution < 1.29 is 9.18 Å². The van der Waals surface area contributed by atoms with Gasteiger partial charge in [-0.15, -0.1) is 0 Å². The Kier molecular flexibility index (Phi) is 5.13. The summed E-state index contributed by atoms with van der Waals surface area (Å²) in [6, 6.07) is 4.01. The Morgan fingerprint density at radius 2 is 2.15 bits per heavy atom. The van der Waals surface area contributed by atoms with Crippen LogP contribution in [0.15, 0.2) is 18.2 Å². The van der Waals surface area contributed by atoms with Crippen molar-refractivity contribution >= 4 is 17.4 Å². The standard InChI is InChI=1S/C15H20ClFN2O/c1-18-6-3-7-19(2)14(10-18)15(20)9-11-8-12(17)4-5-13(11)16/h4-5,8,14H,3,6-7,9-10H2,1-2H3. The minimum atomic E-state index is -0.358. The normalized spacial score (nSPS) is 21.7. The van der Waals surface area contributed by atoms with E-state index in [0.29, 0.717) is 17.1 Å². The van der Waals surface area contributed by atoms with E-state index in [0.717, 1.165) is 19.5 Å². The highest BCUT2D eigenvalue weighted by Crippen LogP contribution is 2.19. The third-order valence-corrected chi connectivity index (χ3v) is 4.18. The first-order chi connectivity index (χ1) is 9.47. The summed E-state index contributed by atoms with van der Waals surface area (Å²) in [5.74, 6) is -0.266. The van der Waals surface area contributed by atoms with Gasteiger partial charge in [0.15, 0.2) is 5.78 Å². The topological polar surface area (TPSA) is 23.6 Å². The molecule has 0 spiro atoms. The molecule has 110 valence electrons. The number of hydrogen-bond donors (Lipinski definition) is 0. The van der Waals surface area contributed by atoms with Crippen molar-refractivity contribution in [2.24, 2.45) is 0 Å². The molecule has 2 rings (SSSR count). The molecule has 20 heavy (non-hydrogen) atoms. The van der Waals surface area contributed by atoms with E-state index in [9.17, 15) is 9.18 Å². The van der Waals surface area contributed by atoms with Crippen LogP contribution >= 0.6 is 11.6 Å². The molecule has 1 fully saturated rings. The lowest BCUT2D eigenvalue weighted by Crippen LogP contribution is -2.44. The molecule has 5 heteroatoms. The molecule has 0 bridgehead atoms. The van der Waals surface area contributed by atoms with Gasteiger partial charge >= 0.3 is 0 Å². The fraction of sp³-hybridized carbons (Fsp3) is 0.533. The molecule has 0 N–H and O–H groups in total. The maximum atomic E-state index is 13.3. The molecule has 1 aromatic rings. The quantitative estimate of drug-likeness (QED) is 0.855. The number of carbonyl (C=O) groups is 1. The number of Topliss-reactive ketones (excluding diaryl/α,β-unsaturated/α-hetero) is 1. The van der Waals surface area contributed by atoms with Crippen LogP contribution < -0.4 is 0 Å². The van der Waals surface area contributed by atoms with E-state index >= 15 is 0 Å². The second-order valence-electron chi connectivity index (χ2n) is 5.49. The van der Waals surface area contributed by atoms with E-state index in [2.05, 4.69) is 9.80 Å². The summed E-state index contributed by atoms with van der Waals surface area (Å²) in [6.07, 6.45) is 1.23. The molecule has 1 saturated heterocycles. The van der Waals surface area contributed by atoms with E-state index in [-0.39, 0.29) is 24.1 Å². The number of benzene rings is 1. The number of halogens is 2. The lowest BCUT2D eigenvalue weighted by atomic mass is 10.0. The van der Waals surface area contributed by atoms with Gasteiger partial charge in [0.1, 0.15) is 5.82 Å². The second kappa shape index (κ2) is 6.66.